The van der Waals surface area contributed by atoms with Crippen LogP contribution in [0.3, 0.4) is 0 Å². The lowest BCUT2D eigenvalue weighted by atomic mass is 10.2. The smallest absolute Gasteiger partial charge is 0.303 e. The zero-order valence-corrected chi connectivity index (χ0v) is 13.8. The van der Waals surface area contributed by atoms with Gasteiger partial charge in [0.25, 0.3) is 5.91 Å². The Balaban J connectivity index is 1.88. The quantitative estimate of drug-likeness (QED) is 0.759. The number of aryl methyl sites for hydroxylation is 2. The highest BCUT2D eigenvalue weighted by atomic mass is 32.1. The predicted octanol–water partition coefficient (Wildman–Crippen LogP) is 3.26. The Bertz CT molecular complexity index is 695. The topological polar surface area (TPSA) is 88.5 Å². The van der Waals surface area contributed by atoms with Crippen molar-refractivity contribution in [3.05, 3.63) is 39.8 Å². The largest absolute Gasteiger partial charge is 0.494 e. The third kappa shape index (κ3) is 5.07. The zero-order chi connectivity index (χ0) is 16.8. The number of rotatable bonds is 7. The minimum atomic E-state index is -0.834. The van der Waals surface area contributed by atoms with Gasteiger partial charge in [0.05, 0.1) is 11.6 Å². The molecular formula is C16H18N2O4S. The Kier molecular flexibility index (Phi) is 5.70. The minimum Gasteiger partial charge on any atom is -0.494 e. The van der Waals surface area contributed by atoms with Crippen LogP contribution >= 0.6 is 11.3 Å². The average molecular weight is 334 g/mol. The van der Waals surface area contributed by atoms with Crippen LogP contribution in [-0.2, 0) is 4.79 Å². The number of ether oxygens (including phenoxy) is 1. The normalized spacial score (nSPS) is 10.3. The zero-order valence-electron chi connectivity index (χ0n) is 13.0. The lowest BCUT2D eigenvalue weighted by molar-refractivity contribution is -0.137. The van der Waals surface area contributed by atoms with Crippen molar-refractivity contribution in [1.82, 2.24) is 4.98 Å². The van der Waals surface area contributed by atoms with E-state index in [2.05, 4.69) is 10.3 Å². The monoisotopic (exact) mass is 334 g/mol. The molecule has 6 nitrogen and oxygen atoms in total. The molecule has 2 rings (SSSR count). The summed E-state index contributed by atoms with van der Waals surface area (Å²) in [5.74, 6) is -0.435. The van der Waals surface area contributed by atoms with Crippen LogP contribution < -0.4 is 10.1 Å². The molecule has 0 atom stereocenters. The first-order valence-corrected chi connectivity index (χ1v) is 7.97. The number of thiazole rings is 1. The molecular weight excluding hydrogens is 316 g/mol. The molecule has 0 bridgehead atoms. The fraction of sp³-hybridized carbons (Fsp3) is 0.312. The Labute approximate surface area is 138 Å². The maximum atomic E-state index is 12.2. The van der Waals surface area contributed by atoms with Gasteiger partial charge in [-0.2, -0.15) is 0 Å². The lowest BCUT2D eigenvalue weighted by Crippen LogP contribution is -2.13. The van der Waals surface area contributed by atoms with E-state index < -0.39 is 5.97 Å². The molecule has 0 aliphatic carbocycles. The van der Waals surface area contributed by atoms with Crippen LogP contribution in [0.15, 0.2) is 24.3 Å². The van der Waals surface area contributed by atoms with Crippen molar-refractivity contribution in [2.24, 2.45) is 0 Å². The fourth-order valence-electron chi connectivity index (χ4n) is 1.98. The first-order valence-electron chi connectivity index (χ1n) is 7.16. The fourth-order valence-corrected chi connectivity index (χ4v) is 2.79. The summed E-state index contributed by atoms with van der Waals surface area (Å²) in [6, 6.07) is 6.93. The van der Waals surface area contributed by atoms with E-state index in [-0.39, 0.29) is 12.3 Å². The van der Waals surface area contributed by atoms with E-state index in [1.165, 1.54) is 11.3 Å². The summed E-state index contributed by atoms with van der Waals surface area (Å²) in [7, 11) is 0. The maximum Gasteiger partial charge on any atom is 0.303 e. The molecule has 0 fully saturated rings. The van der Waals surface area contributed by atoms with Gasteiger partial charge in [0.1, 0.15) is 11.4 Å². The summed E-state index contributed by atoms with van der Waals surface area (Å²) >= 11 is 1.49. The highest BCUT2D eigenvalue weighted by Gasteiger charge is 2.14. The van der Waals surface area contributed by atoms with Crippen molar-refractivity contribution in [2.45, 2.75) is 26.7 Å². The van der Waals surface area contributed by atoms with Crippen LogP contribution in [0.1, 0.15) is 33.2 Å². The van der Waals surface area contributed by atoms with Gasteiger partial charge in [-0.25, -0.2) is 4.98 Å². The molecule has 23 heavy (non-hydrogen) atoms. The van der Waals surface area contributed by atoms with Crippen molar-refractivity contribution in [2.75, 3.05) is 11.9 Å². The van der Waals surface area contributed by atoms with Gasteiger partial charge in [0, 0.05) is 17.0 Å². The molecule has 0 aliphatic rings. The number of carboxylic acids is 1. The number of hydrogen-bond donors (Lipinski definition) is 2. The summed E-state index contributed by atoms with van der Waals surface area (Å²) in [4.78, 5) is 27.7. The SMILES string of the molecule is Cc1nc(C(=O)Nc2ccc(OCCCC(=O)O)cc2)c(C)s1. The molecule has 0 unspecified atom stereocenters. The highest BCUT2D eigenvalue weighted by molar-refractivity contribution is 7.11. The number of carbonyl (C=O) groups excluding carboxylic acids is 1. The minimum absolute atomic E-state index is 0.0839. The van der Waals surface area contributed by atoms with Gasteiger partial charge in [-0.05, 0) is 44.5 Å². The van der Waals surface area contributed by atoms with Crippen molar-refractivity contribution in [3.8, 4) is 5.75 Å². The van der Waals surface area contributed by atoms with Crippen molar-refractivity contribution >= 4 is 28.9 Å². The average Bonchev–Trinajstić information content (AvgIpc) is 2.84. The van der Waals surface area contributed by atoms with Crippen molar-refractivity contribution < 1.29 is 19.4 Å². The summed E-state index contributed by atoms with van der Waals surface area (Å²) in [6.07, 6.45) is 0.539. The lowest BCUT2D eigenvalue weighted by Gasteiger charge is -2.07. The number of carboxylic acid groups (broad SMARTS) is 1. The molecule has 0 radical (unpaired) electrons. The van der Waals surface area contributed by atoms with Gasteiger partial charge < -0.3 is 15.2 Å². The molecule has 2 N–H and O–H groups in total. The molecule has 1 aromatic heterocycles. The van der Waals surface area contributed by atoms with Crippen LogP contribution in [0, 0.1) is 13.8 Å². The second kappa shape index (κ2) is 7.73. The summed E-state index contributed by atoms with van der Waals surface area (Å²) < 4.78 is 5.44. The standard InChI is InChI=1S/C16H18N2O4S/c1-10-15(17-11(2)23-10)16(21)18-12-5-7-13(8-6-12)22-9-3-4-14(19)20/h5-8H,3-4,9H2,1-2H3,(H,18,21)(H,19,20). The third-order valence-corrected chi connectivity index (χ3v) is 3.92. The van der Waals surface area contributed by atoms with Gasteiger partial charge in [-0.3, -0.25) is 9.59 Å². The number of carbonyl (C=O) groups is 2. The molecule has 1 aromatic carbocycles. The molecule has 7 heteroatoms. The molecule has 0 saturated heterocycles. The first-order chi connectivity index (χ1) is 11.0. The number of nitrogens with one attached hydrogen (secondary N) is 1. The van der Waals surface area contributed by atoms with E-state index in [9.17, 15) is 9.59 Å². The predicted molar refractivity (Wildman–Crippen MR) is 88.3 cm³/mol. The number of nitrogens with zero attached hydrogens (tertiary/aromatic N) is 1. The molecule has 2 aromatic rings. The van der Waals surface area contributed by atoms with Gasteiger partial charge in [0.15, 0.2) is 0 Å². The number of amides is 1. The van der Waals surface area contributed by atoms with E-state index in [0.717, 1.165) is 9.88 Å². The second-order valence-electron chi connectivity index (χ2n) is 4.96. The second-order valence-corrected chi connectivity index (χ2v) is 6.37. The van der Waals surface area contributed by atoms with Crippen LogP contribution in [0.25, 0.3) is 0 Å². The van der Waals surface area contributed by atoms with E-state index in [1.54, 1.807) is 24.3 Å². The number of hydrogen-bond acceptors (Lipinski definition) is 5. The van der Waals surface area contributed by atoms with E-state index in [0.29, 0.717) is 30.2 Å². The number of aliphatic carboxylic acids is 1. The molecule has 0 aliphatic heterocycles. The van der Waals surface area contributed by atoms with Crippen LogP contribution in [0.4, 0.5) is 5.69 Å². The summed E-state index contributed by atoms with van der Waals surface area (Å²) in [6.45, 7) is 4.08. The van der Waals surface area contributed by atoms with Crippen molar-refractivity contribution in [3.63, 3.8) is 0 Å². The van der Waals surface area contributed by atoms with Crippen LogP contribution in [0.5, 0.6) is 5.75 Å². The summed E-state index contributed by atoms with van der Waals surface area (Å²) in [5, 5.41) is 12.2. The Morgan fingerprint density at radius 1 is 1.26 bits per heavy atom. The maximum absolute atomic E-state index is 12.2. The van der Waals surface area contributed by atoms with Gasteiger partial charge >= 0.3 is 5.97 Å². The molecule has 122 valence electrons. The molecule has 0 spiro atoms. The first kappa shape index (κ1) is 17.0. The number of aromatic nitrogens is 1. The Morgan fingerprint density at radius 3 is 2.52 bits per heavy atom. The number of anilines is 1. The number of benzene rings is 1. The van der Waals surface area contributed by atoms with Gasteiger partial charge in [-0.1, -0.05) is 0 Å². The van der Waals surface area contributed by atoms with E-state index in [1.807, 2.05) is 13.8 Å². The van der Waals surface area contributed by atoms with Crippen molar-refractivity contribution in [1.29, 1.82) is 0 Å². The molecule has 0 saturated carbocycles. The Hall–Kier alpha value is -2.41. The van der Waals surface area contributed by atoms with Crippen LogP contribution in [0.2, 0.25) is 0 Å². The molecule has 1 heterocycles. The van der Waals surface area contributed by atoms with E-state index in [4.69, 9.17) is 9.84 Å². The Morgan fingerprint density at radius 2 is 1.96 bits per heavy atom. The molecule has 1 amide bonds. The van der Waals surface area contributed by atoms with Gasteiger partial charge in [-0.15, -0.1) is 11.3 Å². The van der Waals surface area contributed by atoms with Crippen LogP contribution in [-0.4, -0.2) is 28.6 Å². The third-order valence-electron chi connectivity index (χ3n) is 3.03. The highest BCUT2D eigenvalue weighted by Crippen LogP contribution is 2.20. The van der Waals surface area contributed by atoms with E-state index >= 15 is 0 Å². The van der Waals surface area contributed by atoms with Gasteiger partial charge in [0.2, 0.25) is 0 Å². The summed E-state index contributed by atoms with van der Waals surface area (Å²) in [5.41, 5.74) is 1.10.